The Morgan fingerprint density at radius 1 is 0.944 bits per heavy atom. The molecule has 3 nitrogen and oxygen atoms in total. The van der Waals surface area contributed by atoms with Crippen molar-refractivity contribution >= 4 is 5.97 Å². The molecule has 0 saturated heterocycles. The largest absolute Gasteiger partial charge is 0.479 e. The lowest BCUT2D eigenvalue weighted by Gasteiger charge is -2.07. The minimum atomic E-state index is -1.34. The summed E-state index contributed by atoms with van der Waals surface area (Å²) >= 11 is 0. The Labute approximate surface area is 105 Å². The molecule has 0 bridgehead atoms. The van der Waals surface area contributed by atoms with E-state index < -0.39 is 12.1 Å². The number of aliphatic carboxylic acids is 1. The van der Waals surface area contributed by atoms with Gasteiger partial charge in [-0.3, -0.25) is 0 Å². The van der Waals surface area contributed by atoms with Gasteiger partial charge in [0.2, 0.25) is 0 Å². The lowest BCUT2D eigenvalue weighted by atomic mass is 10.0. The zero-order chi connectivity index (χ0) is 13.0. The topological polar surface area (TPSA) is 57.5 Å². The molecular formula is C15H14O3. The molecular weight excluding hydrogens is 228 g/mol. The number of carboxylic acids is 1. The molecule has 0 heterocycles. The van der Waals surface area contributed by atoms with E-state index in [9.17, 15) is 9.90 Å². The first-order valence-electron chi connectivity index (χ1n) is 5.72. The maximum Gasteiger partial charge on any atom is 0.332 e. The third-order valence-electron chi connectivity index (χ3n) is 2.78. The SMILES string of the molecule is O=C(O)[C@@H](O)Cc1ccc(-c2ccccc2)cc1. The van der Waals surface area contributed by atoms with E-state index in [0.717, 1.165) is 16.7 Å². The first kappa shape index (κ1) is 12.3. The smallest absolute Gasteiger partial charge is 0.332 e. The summed E-state index contributed by atoms with van der Waals surface area (Å²) in [5, 5.41) is 17.9. The molecule has 2 aromatic carbocycles. The quantitative estimate of drug-likeness (QED) is 0.865. The predicted octanol–water partition coefficient (Wildman–Crippen LogP) is 2.34. The van der Waals surface area contributed by atoms with Crippen molar-refractivity contribution in [2.45, 2.75) is 12.5 Å². The number of benzene rings is 2. The minimum Gasteiger partial charge on any atom is -0.479 e. The summed E-state index contributed by atoms with van der Waals surface area (Å²) in [4.78, 5) is 10.5. The van der Waals surface area contributed by atoms with E-state index in [1.807, 2.05) is 54.6 Å². The van der Waals surface area contributed by atoms with Crippen LogP contribution in [0.3, 0.4) is 0 Å². The number of rotatable bonds is 4. The van der Waals surface area contributed by atoms with E-state index in [-0.39, 0.29) is 6.42 Å². The van der Waals surface area contributed by atoms with Crippen molar-refractivity contribution in [2.24, 2.45) is 0 Å². The fraction of sp³-hybridized carbons (Fsp3) is 0.133. The monoisotopic (exact) mass is 242 g/mol. The van der Waals surface area contributed by atoms with Gasteiger partial charge < -0.3 is 10.2 Å². The van der Waals surface area contributed by atoms with Crippen LogP contribution >= 0.6 is 0 Å². The molecule has 3 heteroatoms. The first-order valence-corrected chi connectivity index (χ1v) is 5.72. The highest BCUT2D eigenvalue weighted by Crippen LogP contribution is 2.19. The number of aliphatic hydroxyl groups excluding tert-OH is 1. The number of carboxylic acid groups (broad SMARTS) is 1. The van der Waals surface area contributed by atoms with E-state index in [0.29, 0.717) is 0 Å². The second-order valence-corrected chi connectivity index (χ2v) is 4.12. The van der Waals surface area contributed by atoms with E-state index in [2.05, 4.69) is 0 Å². The van der Waals surface area contributed by atoms with Crippen LogP contribution in [0.5, 0.6) is 0 Å². The van der Waals surface area contributed by atoms with Crippen LogP contribution in [0.15, 0.2) is 54.6 Å². The van der Waals surface area contributed by atoms with Gasteiger partial charge in [-0.1, -0.05) is 54.6 Å². The molecule has 0 saturated carbocycles. The summed E-state index contributed by atoms with van der Waals surface area (Å²) in [6.45, 7) is 0. The zero-order valence-corrected chi connectivity index (χ0v) is 9.78. The van der Waals surface area contributed by atoms with Gasteiger partial charge in [-0.15, -0.1) is 0 Å². The fourth-order valence-electron chi connectivity index (χ4n) is 1.77. The van der Waals surface area contributed by atoms with Crippen LogP contribution < -0.4 is 0 Å². The average Bonchev–Trinajstić information content (AvgIpc) is 2.40. The van der Waals surface area contributed by atoms with Gasteiger partial charge >= 0.3 is 5.97 Å². The number of carbonyl (C=O) groups is 1. The molecule has 0 radical (unpaired) electrons. The molecule has 0 fully saturated rings. The van der Waals surface area contributed by atoms with Crippen molar-refractivity contribution in [3.8, 4) is 11.1 Å². The molecule has 0 aliphatic heterocycles. The number of hydrogen-bond acceptors (Lipinski definition) is 2. The van der Waals surface area contributed by atoms with Crippen molar-refractivity contribution in [1.82, 2.24) is 0 Å². The molecule has 92 valence electrons. The highest BCUT2D eigenvalue weighted by Gasteiger charge is 2.13. The third kappa shape index (κ3) is 2.96. The van der Waals surface area contributed by atoms with Gasteiger partial charge in [0.1, 0.15) is 0 Å². The van der Waals surface area contributed by atoms with Gasteiger partial charge in [-0.05, 0) is 16.7 Å². The van der Waals surface area contributed by atoms with Gasteiger partial charge in [0, 0.05) is 6.42 Å². The highest BCUT2D eigenvalue weighted by molar-refractivity contribution is 5.72. The van der Waals surface area contributed by atoms with Crippen molar-refractivity contribution in [3.05, 3.63) is 60.2 Å². The fourth-order valence-corrected chi connectivity index (χ4v) is 1.77. The molecule has 2 aromatic rings. The first-order chi connectivity index (χ1) is 8.66. The Morgan fingerprint density at radius 2 is 1.50 bits per heavy atom. The predicted molar refractivity (Wildman–Crippen MR) is 69.2 cm³/mol. The van der Waals surface area contributed by atoms with Gasteiger partial charge in [0.15, 0.2) is 6.10 Å². The van der Waals surface area contributed by atoms with E-state index >= 15 is 0 Å². The summed E-state index contributed by atoms with van der Waals surface area (Å²) in [5.74, 6) is -1.19. The van der Waals surface area contributed by atoms with Gasteiger partial charge in [-0.2, -0.15) is 0 Å². The van der Waals surface area contributed by atoms with Crippen molar-refractivity contribution in [3.63, 3.8) is 0 Å². The van der Waals surface area contributed by atoms with E-state index in [1.165, 1.54) is 0 Å². The second kappa shape index (κ2) is 5.47. The molecule has 0 spiro atoms. The number of aliphatic hydroxyl groups is 1. The Hall–Kier alpha value is -2.13. The molecule has 0 aromatic heterocycles. The van der Waals surface area contributed by atoms with Crippen LogP contribution in [0, 0.1) is 0 Å². The van der Waals surface area contributed by atoms with Crippen molar-refractivity contribution in [1.29, 1.82) is 0 Å². The molecule has 0 aliphatic rings. The summed E-state index contributed by atoms with van der Waals surface area (Å²) in [7, 11) is 0. The molecule has 2 N–H and O–H groups in total. The molecule has 2 rings (SSSR count). The van der Waals surface area contributed by atoms with Crippen LogP contribution in [-0.2, 0) is 11.2 Å². The number of hydrogen-bond donors (Lipinski definition) is 2. The summed E-state index contributed by atoms with van der Waals surface area (Å²) in [5.41, 5.74) is 3.00. The van der Waals surface area contributed by atoms with Crippen LogP contribution in [0.1, 0.15) is 5.56 Å². The summed E-state index contributed by atoms with van der Waals surface area (Å²) < 4.78 is 0. The molecule has 1 atom stereocenters. The second-order valence-electron chi connectivity index (χ2n) is 4.12. The third-order valence-corrected chi connectivity index (χ3v) is 2.78. The Morgan fingerprint density at radius 3 is 2.06 bits per heavy atom. The summed E-state index contributed by atoms with van der Waals surface area (Å²) in [6.07, 6.45) is -1.21. The van der Waals surface area contributed by atoms with E-state index in [1.54, 1.807) is 0 Å². The maximum atomic E-state index is 10.5. The van der Waals surface area contributed by atoms with E-state index in [4.69, 9.17) is 5.11 Å². The summed E-state index contributed by atoms with van der Waals surface area (Å²) in [6, 6.07) is 17.5. The standard InChI is InChI=1S/C15H14O3/c16-14(15(17)18)10-11-6-8-13(9-7-11)12-4-2-1-3-5-12/h1-9,14,16H,10H2,(H,17,18)/t14-/m0/s1. The maximum absolute atomic E-state index is 10.5. The molecule has 0 amide bonds. The highest BCUT2D eigenvalue weighted by atomic mass is 16.4. The van der Waals surface area contributed by atoms with Crippen LogP contribution in [0.4, 0.5) is 0 Å². The molecule has 0 aliphatic carbocycles. The Bertz CT molecular complexity index is 517. The minimum absolute atomic E-state index is 0.129. The zero-order valence-electron chi connectivity index (χ0n) is 9.78. The normalized spacial score (nSPS) is 12.1. The van der Waals surface area contributed by atoms with Crippen LogP contribution in [0.2, 0.25) is 0 Å². The van der Waals surface area contributed by atoms with Gasteiger partial charge in [0.25, 0.3) is 0 Å². The Balaban J connectivity index is 2.13. The molecule has 0 unspecified atom stereocenters. The lowest BCUT2D eigenvalue weighted by molar-refractivity contribution is -0.146. The van der Waals surface area contributed by atoms with Crippen LogP contribution in [0.25, 0.3) is 11.1 Å². The lowest BCUT2D eigenvalue weighted by Crippen LogP contribution is -2.21. The van der Waals surface area contributed by atoms with Gasteiger partial charge in [-0.25, -0.2) is 4.79 Å². The Kier molecular flexibility index (Phi) is 3.75. The van der Waals surface area contributed by atoms with Crippen molar-refractivity contribution < 1.29 is 15.0 Å². The average molecular weight is 242 g/mol. The van der Waals surface area contributed by atoms with Crippen LogP contribution in [-0.4, -0.2) is 22.3 Å². The van der Waals surface area contributed by atoms with Gasteiger partial charge in [0.05, 0.1) is 0 Å². The molecule has 18 heavy (non-hydrogen) atoms. The van der Waals surface area contributed by atoms with Crippen molar-refractivity contribution in [2.75, 3.05) is 0 Å².